The van der Waals surface area contributed by atoms with E-state index >= 15 is 0 Å². The van der Waals surface area contributed by atoms with Gasteiger partial charge in [0.05, 0.1) is 0 Å². The molecule has 0 atom stereocenters. The van der Waals surface area contributed by atoms with Crippen molar-refractivity contribution >= 4 is 5.91 Å². The van der Waals surface area contributed by atoms with Gasteiger partial charge in [-0.2, -0.15) is 0 Å². The fraction of sp³-hybridized carbons (Fsp3) is 0. The highest BCUT2D eigenvalue weighted by Crippen LogP contribution is 2.18. The standard InChI is InChI=1S/C13H10NO2/c15-13(14-16)12-8-6-11(7-9-12)10-4-2-1-3-5-10/h2-9,16H,(H,14,15). The maximum atomic E-state index is 11.1. The first-order valence-corrected chi connectivity index (χ1v) is 4.82. The zero-order valence-corrected chi connectivity index (χ0v) is 8.47. The number of carbonyl (C=O) groups excluding carboxylic acids is 1. The normalized spacial score (nSPS) is 9.81. The van der Waals surface area contributed by atoms with E-state index in [1.54, 1.807) is 17.6 Å². The van der Waals surface area contributed by atoms with Gasteiger partial charge < -0.3 is 0 Å². The molecule has 2 aromatic rings. The Bertz CT molecular complexity index is 477. The van der Waals surface area contributed by atoms with E-state index in [4.69, 9.17) is 5.21 Å². The van der Waals surface area contributed by atoms with E-state index in [9.17, 15) is 4.79 Å². The molecule has 2 N–H and O–H groups in total. The van der Waals surface area contributed by atoms with Crippen LogP contribution < -0.4 is 5.48 Å². The van der Waals surface area contributed by atoms with Crippen LogP contribution in [0.5, 0.6) is 0 Å². The quantitative estimate of drug-likeness (QED) is 0.592. The molecule has 0 unspecified atom stereocenters. The Morgan fingerprint density at radius 1 is 1.00 bits per heavy atom. The van der Waals surface area contributed by atoms with E-state index < -0.39 is 5.91 Å². The summed E-state index contributed by atoms with van der Waals surface area (Å²) in [7, 11) is 0. The fourth-order valence-corrected chi connectivity index (χ4v) is 1.46. The van der Waals surface area contributed by atoms with Gasteiger partial charge >= 0.3 is 0 Å². The van der Waals surface area contributed by atoms with Crippen LogP contribution in [0.25, 0.3) is 11.1 Å². The maximum Gasteiger partial charge on any atom is 0.274 e. The summed E-state index contributed by atoms with van der Waals surface area (Å²) in [5.74, 6) is -0.507. The number of rotatable bonds is 2. The zero-order valence-electron chi connectivity index (χ0n) is 8.47. The number of amides is 1. The Hall–Kier alpha value is -2.13. The van der Waals surface area contributed by atoms with Crippen molar-refractivity contribution in [3.8, 4) is 11.1 Å². The topological polar surface area (TPSA) is 49.3 Å². The first kappa shape index (κ1) is 10.4. The van der Waals surface area contributed by atoms with E-state index in [1.165, 1.54) is 0 Å². The molecule has 1 amide bonds. The molecule has 1 radical (unpaired) electrons. The van der Waals surface area contributed by atoms with Gasteiger partial charge in [-0.05, 0) is 29.3 Å². The van der Waals surface area contributed by atoms with E-state index in [2.05, 4.69) is 6.07 Å². The molecule has 0 bridgehead atoms. The van der Waals surface area contributed by atoms with Crippen LogP contribution in [0.2, 0.25) is 0 Å². The zero-order chi connectivity index (χ0) is 11.4. The molecule has 2 aromatic carbocycles. The highest BCUT2D eigenvalue weighted by atomic mass is 16.5. The number of benzene rings is 2. The Morgan fingerprint density at radius 2 is 1.56 bits per heavy atom. The van der Waals surface area contributed by atoms with Crippen LogP contribution in [0, 0.1) is 6.07 Å². The number of hydroxylamine groups is 1. The summed E-state index contributed by atoms with van der Waals surface area (Å²) in [5, 5.41) is 8.47. The SMILES string of the molecule is O=C(NO)c1ccc(-c2cc[c]cc2)cc1. The summed E-state index contributed by atoms with van der Waals surface area (Å²) in [6, 6.07) is 17.5. The largest absolute Gasteiger partial charge is 0.288 e. The Kier molecular flexibility index (Phi) is 2.98. The minimum atomic E-state index is -0.507. The third kappa shape index (κ3) is 2.10. The molecule has 79 valence electrons. The second-order valence-corrected chi connectivity index (χ2v) is 3.31. The minimum Gasteiger partial charge on any atom is -0.288 e. The van der Waals surface area contributed by atoms with Gasteiger partial charge in [0.2, 0.25) is 0 Å². The summed E-state index contributed by atoms with van der Waals surface area (Å²) < 4.78 is 0. The van der Waals surface area contributed by atoms with Crippen molar-refractivity contribution in [3.05, 3.63) is 60.2 Å². The molecular weight excluding hydrogens is 202 g/mol. The van der Waals surface area contributed by atoms with Crippen LogP contribution in [0.1, 0.15) is 10.4 Å². The molecule has 0 saturated heterocycles. The van der Waals surface area contributed by atoms with E-state index in [0.717, 1.165) is 11.1 Å². The monoisotopic (exact) mass is 212 g/mol. The van der Waals surface area contributed by atoms with Crippen molar-refractivity contribution in [3.63, 3.8) is 0 Å². The molecule has 0 fully saturated rings. The lowest BCUT2D eigenvalue weighted by atomic mass is 10.0. The van der Waals surface area contributed by atoms with Gasteiger partial charge in [0.1, 0.15) is 0 Å². The van der Waals surface area contributed by atoms with Gasteiger partial charge in [0.15, 0.2) is 0 Å². The first-order chi connectivity index (χ1) is 7.81. The fourth-order valence-electron chi connectivity index (χ4n) is 1.46. The van der Waals surface area contributed by atoms with Crippen LogP contribution in [0.4, 0.5) is 0 Å². The minimum absolute atomic E-state index is 0.425. The highest BCUT2D eigenvalue weighted by molar-refractivity contribution is 5.93. The van der Waals surface area contributed by atoms with Crippen molar-refractivity contribution in [1.82, 2.24) is 5.48 Å². The molecule has 16 heavy (non-hydrogen) atoms. The Morgan fingerprint density at radius 3 is 2.12 bits per heavy atom. The molecular formula is C13H10NO2. The van der Waals surface area contributed by atoms with Crippen molar-refractivity contribution in [1.29, 1.82) is 0 Å². The highest BCUT2D eigenvalue weighted by Gasteiger charge is 2.03. The average molecular weight is 212 g/mol. The predicted octanol–water partition coefficient (Wildman–Crippen LogP) is 2.27. The van der Waals surface area contributed by atoms with Crippen LogP contribution >= 0.6 is 0 Å². The van der Waals surface area contributed by atoms with Crippen LogP contribution in [-0.2, 0) is 0 Å². The van der Waals surface area contributed by atoms with Crippen molar-refractivity contribution in [2.75, 3.05) is 0 Å². The number of nitrogens with one attached hydrogen (secondary N) is 1. The smallest absolute Gasteiger partial charge is 0.274 e. The molecule has 0 aromatic heterocycles. The Balaban J connectivity index is 2.30. The van der Waals surface area contributed by atoms with Gasteiger partial charge in [-0.1, -0.05) is 36.4 Å². The average Bonchev–Trinajstić information content (AvgIpc) is 2.39. The molecule has 0 aliphatic rings. The second kappa shape index (κ2) is 4.59. The summed E-state index contributed by atoms with van der Waals surface area (Å²) >= 11 is 0. The van der Waals surface area contributed by atoms with Gasteiger partial charge in [-0.25, -0.2) is 5.48 Å². The first-order valence-electron chi connectivity index (χ1n) is 4.82. The molecule has 0 aliphatic carbocycles. The summed E-state index contributed by atoms with van der Waals surface area (Å²) in [6.45, 7) is 0. The van der Waals surface area contributed by atoms with Gasteiger partial charge in [-0.15, -0.1) is 0 Å². The number of hydrogen-bond donors (Lipinski definition) is 2. The van der Waals surface area contributed by atoms with Gasteiger partial charge in [0, 0.05) is 5.56 Å². The van der Waals surface area contributed by atoms with E-state index in [-0.39, 0.29) is 0 Å². The predicted molar refractivity (Wildman–Crippen MR) is 60.0 cm³/mol. The molecule has 2 rings (SSSR count). The molecule has 3 heteroatoms. The van der Waals surface area contributed by atoms with Crippen LogP contribution in [-0.4, -0.2) is 11.1 Å². The van der Waals surface area contributed by atoms with Crippen molar-refractivity contribution in [2.45, 2.75) is 0 Å². The van der Waals surface area contributed by atoms with Crippen molar-refractivity contribution in [2.24, 2.45) is 0 Å². The van der Waals surface area contributed by atoms with E-state index in [0.29, 0.717) is 5.56 Å². The van der Waals surface area contributed by atoms with Crippen LogP contribution in [0.15, 0.2) is 48.5 Å². The molecule has 0 aliphatic heterocycles. The van der Waals surface area contributed by atoms with Gasteiger partial charge in [-0.3, -0.25) is 10.0 Å². The number of carbonyl (C=O) groups is 1. The summed E-state index contributed by atoms with van der Waals surface area (Å²) in [4.78, 5) is 11.1. The number of hydrogen-bond acceptors (Lipinski definition) is 2. The van der Waals surface area contributed by atoms with Crippen LogP contribution in [0.3, 0.4) is 0 Å². The van der Waals surface area contributed by atoms with Gasteiger partial charge in [0.25, 0.3) is 5.91 Å². The summed E-state index contributed by atoms with van der Waals surface area (Å²) in [6.07, 6.45) is 0. The lowest BCUT2D eigenvalue weighted by molar-refractivity contribution is 0.0706. The molecule has 3 nitrogen and oxygen atoms in total. The molecule has 0 saturated carbocycles. The van der Waals surface area contributed by atoms with Crippen molar-refractivity contribution < 1.29 is 10.0 Å². The molecule has 0 heterocycles. The lowest BCUT2D eigenvalue weighted by Gasteiger charge is -2.02. The summed E-state index contributed by atoms with van der Waals surface area (Å²) in [5.41, 5.74) is 4.10. The lowest BCUT2D eigenvalue weighted by Crippen LogP contribution is -2.18. The third-order valence-electron chi connectivity index (χ3n) is 2.30. The Labute approximate surface area is 93.3 Å². The maximum absolute atomic E-state index is 11.1. The third-order valence-corrected chi connectivity index (χ3v) is 2.30. The molecule has 0 spiro atoms. The van der Waals surface area contributed by atoms with E-state index in [1.807, 2.05) is 36.4 Å². The second-order valence-electron chi connectivity index (χ2n) is 3.31.